The Morgan fingerprint density at radius 2 is 1.77 bits per heavy atom. The van der Waals surface area contributed by atoms with Gasteiger partial charge in [-0.3, -0.25) is 18.7 Å². The molecule has 0 atom stereocenters. The lowest BCUT2D eigenvalue weighted by molar-refractivity contribution is -0.116. The number of carbonyl (C=O) groups excluding carboxylic acids is 1. The average molecular weight is 423 g/mol. The maximum absolute atomic E-state index is 12.8. The van der Waals surface area contributed by atoms with Crippen molar-refractivity contribution >= 4 is 34.1 Å². The van der Waals surface area contributed by atoms with E-state index in [2.05, 4.69) is 15.7 Å². The average Bonchev–Trinajstić information content (AvgIpc) is 3.40. The Bertz CT molecular complexity index is 1310. The Morgan fingerprint density at radius 3 is 2.40 bits per heavy atom. The van der Waals surface area contributed by atoms with E-state index in [1.807, 2.05) is 42.6 Å². The van der Waals surface area contributed by atoms with Crippen molar-refractivity contribution in [3.05, 3.63) is 68.3 Å². The molecule has 1 N–H and O–H groups in total. The third kappa shape index (κ3) is 3.48. The highest BCUT2D eigenvalue weighted by Gasteiger charge is 2.18. The van der Waals surface area contributed by atoms with Gasteiger partial charge in [0, 0.05) is 18.8 Å². The van der Waals surface area contributed by atoms with E-state index in [0.717, 1.165) is 15.7 Å². The van der Waals surface area contributed by atoms with E-state index in [0.29, 0.717) is 17.9 Å². The summed E-state index contributed by atoms with van der Waals surface area (Å²) >= 11 is 1.63. The fourth-order valence-electron chi connectivity index (χ4n) is 3.45. The molecule has 3 heterocycles. The van der Waals surface area contributed by atoms with Gasteiger partial charge in [0.15, 0.2) is 11.2 Å². The van der Waals surface area contributed by atoms with E-state index in [4.69, 9.17) is 0 Å². The first kappa shape index (κ1) is 19.8. The summed E-state index contributed by atoms with van der Waals surface area (Å²) in [5.41, 5.74) is 2.60. The molecule has 0 unspecified atom stereocenters. The highest BCUT2D eigenvalue weighted by atomic mass is 32.1. The molecule has 4 aromatic rings. The highest BCUT2D eigenvalue weighted by Crippen LogP contribution is 2.23. The summed E-state index contributed by atoms with van der Waals surface area (Å²) in [6, 6.07) is 9.63. The number of fused-ring (bicyclic) bond motifs is 1. The van der Waals surface area contributed by atoms with E-state index in [1.54, 1.807) is 18.3 Å². The van der Waals surface area contributed by atoms with Crippen molar-refractivity contribution in [3.63, 3.8) is 0 Å². The number of anilines is 1. The first-order valence-electron chi connectivity index (χ1n) is 9.64. The van der Waals surface area contributed by atoms with E-state index in [1.165, 1.54) is 15.5 Å². The molecule has 8 nitrogen and oxygen atoms in total. The number of carbonyl (C=O) groups is 1. The lowest BCUT2D eigenvalue weighted by atomic mass is 10.1. The molecule has 0 aliphatic heterocycles. The van der Waals surface area contributed by atoms with Crippen molar-refractivity contribution in [3.8, 4) is 11.1 Å². The summed E-state index contributed by atoms with van der Waals surface area (Å²) in [6.45, 7) is 4.11. The molecular formula is C21H21N5O3S. The van der Waals surface area contributed by atoms with Crippen molar-refractivity contribution in [2.45, 2.75) is 33.5 Å². The molecule has 3 aromatic heterocycles. The van der Waals surface area contributed by atoms with Crippen LogP contribution in [0.4, 0.5) is 5.69 Å². The lowest BCUT2D eigenvalue weighted by Crippen LogP contribution is -2.40. The van der Waals surface area contributed by atoms with Gasteiger partial charge in [-0.25, -0.2) is 9.78 Å². The first-order valence-corrected chi connectivity index (χ1v) is 10.6. The SMILES string of the molecule is CCn1c(=O)c2c(ncn2CC(=O)Nc2ccc(-c3ccsc3)cc2)n(CC)c1=O. The number of hydrogen-bond acceptors (Lipinski definition) is 5. The number of rotatable bonds is 6. The number of nitrogens with zero attached hydrogens (tertiary/aromatic N) is 4. The number of amides is 1. The Hall–Kier alpha value is -3.46. The molecule has 0 aliphatic rings. The summed E-state index contributed by atoms with van der Waals surface area (Å²) < 4.78 is 4.09. The molecule has 154 valence electrons. The number of nitrogens with one attached hydrogen (secondary N) is 1. The lowest BCUT2D eigenvalue weighted by Gasteiger charge is -2.10. The molecule has 0 spiro atoms. The van der Waals surface area contributed by atoms with Crippen LogP contribution in [-0.2, 0) is 24.4 Å². The van der Waals surface area contributed by atoms with E-state index in [-0.39, 0.29) is 24.5 Å². The topological polar surface area (TPSA) is 90.9 Å². The van der Waals surface area contributed by atoms with E-state index >= 15 is 0 Å². The summed E-state index contributed by atoms with van der Waals surface area (Å²) in [5.74, 6) is -0.283. The Kier molecular flexibility index (Phi) is 5.37. The van der Waals surface area contributed by atoms with Gasteiger partial charge < -0.3 is 9.88 Å². The van der Waals surface area contributed by atoms with Crippen LogP contribution >= 0.6 is 11.3 Å². The van der Waals surface area contributed by atoms with Gasteiger partial charge in [-0.15, -0.1) is 0 Å². The van der Waals surface area contributed by atoms with Gasteiger partial charge in [-0.1, -0.05) is 12.1 Å². The second-order valence-electron chi connectivity index (χ2n) is 6.76. The van der Waals surface area contributed by atoms with Crippen molar-refractivity contribution in [2.24, 2.45) is 0 Å². The third-order valence-electron chi connectivity index (χ3n) is 4.95. The highest BCUT2D eigenvalue weighted by molar-refractivity contribution is 7.08. The summed E-state index contributed by atoms with van der Waals surface area (Å²) in [7, 11) is 0. The molecule has 0 fully saturated rings. The normalized spacial score (nSPS) is 11.1. The van der Waals surface area contributed by atoms with Crippen molar-refractivity contribution < 1.29 is 4.79 Å². The van der Waals surface area contributed by atoms with Gasteiger partial charge in [-0.05, 0) is 53.9 Å². The molecule has 1 amide bonds. The summed E-state index contributed by atoms with van der Waals surface area (Å²) in [6.07, 6.45) is 1.43. The molecule has 0 saturated carbocycles. The predicted molar refractivity (Wildman–Crippen MR) is 118 cm³/mol. The van der Waals surface area contributed by atoms with Crippen LogP contribution in [-0.4, -0.2) is 24.6 Å². The molecule has 30 heavy (non-hydrogen) atoms. The molecule has 0 aliphatic carbocycles. The minimum absolute atomic E-state index is 0.0797. The maximum atomic E-state index is 12.8. The van der Waals surface area contributed by atoms with Gasteiger partial charge in [0.05, 0.1) is 6.33 Å². The van der Waals surface area contributed by atoms with Crippen LogP contribution < -0.4 is 16.6 Å². The zero-order valence-electron chi connectivity index (χ0n) is 16.7. The Labute approximate surface area is 176 Å². The zero-order chi connectivity index (χ0) is 21.3. The van der Waals surface area contributed by atoms with Gasteiger partial charge in [-0.2, -0.15) is 11.3 Å². The Morgan fingerprint density at radius 1 is 1.03 bits per heavy atom. The number of thiophene rings is 1. The van der Waals surface area contributed by atoms with E-state index < -0.39 is 11.2 Å². The van der Waals surface area contributed by atoms with Crippen LogP contribution in [0.25, 0.3) is 22.3 Å². The smallest absolute Gasteiger partial charge is 0.325 e. The second-order valence-corrected chi connectivity index (χ2v) is 7.54. The molecule has 4 rings (SSSR count). The molecule has 0 radical (unpaired) electrons. The fourth-order valence-corrected chi connectivity index (χ4v) is 4.12. The standard InChI is InChI=1S/C21H21N5O3S/c1-3-25-19-18(20(28)26(4-2)21(25)29)24(13-22-19)11-17(27)23-16-7-5-14(6-8-16)15-9-10-30-12-15/h5-10,12-13H,3-4,11H2,1-2H3,(H,23,27). The monoisotopic (exact) mass is 423 g/mol. The largest absolute Gasteiger partial charge is 0.332 e. The number of aryl methyl sites for hydroxylation is 1. The van der Waals surface area contributed by atoms with Crippen LogP contribution in [0.3, 0.4) is 0 Å². The van der Waals surface area contributed by atoms with Gasteiger partial charge in [0.1, 0.15) is 6.54 Å². The van der Waals surface area contributed by atoms with Crippen LogP contribution in [0.1, 0.15) is 13.8 Å². The number of imidazole rings is 1. The van der Waals surface area contributed by atoms with Gasteiger partial charge >= 0.3 is 5.69 Å². The minimum atomic E-state index is -0.437. The van der Waals surface area contributed by atoms with Crippen molar-refractivity contribution in [1.82, 2.24) is 18.7 Å². The number of hydrogen-bond donors (Lipinski definition) is 1. The molecular weight excluding hydrogens is 402 g/mol. The quantitative estimate of drug-likeness (QED) is 0.516. The molecule has 1 aromatic carbocycles. The summed E-state index contributed by atoms with van der Waals surface area (Å²) in [5, 5.41) is 6.93. The zero-order valence-corrected chi connectivity index (χ0v) is 17.5. The van der Waals surface area contributed by atoms with Crippen molar-refractivity contribution in [2.75, 3.05) is 5.32 Å². The first-order chi connectivity index (χ1) is 14.5. The fraction of sp³-hybridized carbons (Fsp3) is 0.238. The number of benzene rings is 1. The minimum Gasteiger partial charge on any atom is -0.325 e. The molecule has 9 heteroatoms. The second kappa shape index (κ2) is 8.11. The van der Waals surface area contributed by atoms with Crippen LogP contribution in [0.2, 0.25) is 0 Å². The van der Waals surface area contributed by atoms with Gasteiger partial charge in [0.25, 0.3) is 5.56 Å². The summed E-state index contributed by atoms with van der Waals surface area (Å²) in [4.78, 5) is 42.0. The third-order valence-corrected chi connectivity index (χ3v) is 5.64. The Balaban J connectivity index is 1.59. The molecule has 0 bridgehead atoms. The predicted octanol–water partition coefficient (Wildman–Crippen LogP) is 2.77. The van der Waals surface area contributed by atoms with Crippen LogP contribution in [0, 0.1) is 0 Å². The maximum Gasteiger partial charge on any atom is 0.332 e. The van der Waals surface area contributed by atoms with Crippen molar-refractivity contribution in [1.29, 1.82) is 0 Å². The van der Waals surface area contributed by atoms with E-state index in [9.17, 15) is 14.4 Å². The van der Waals surface area contributed by atoms with Crippen LogP contribution in [0.5, 0.6) is 0 Å². The molecule has 0 saturated heterocycles. The number of aromatic nitrogens is 4. The van der Waals surface area contributed by atoms with Gasteiger partial charge in [0.2, 0.25) is 5.91 Å². The van der Waals surface area contributed by atoms with Crippen LogP contribution in [0.15, 0.2) is 57.0 Å².